The van der Waals surface area contributed by atoms with E-state index in [1.165, 1.54) is 50.5 Å². The van der Waals surface area contributed by atoms with E-state index in [2.05, 4.69) is 24.4 Å². The molecule has 1 aliphatic carbocycles. The summed E-state index contributed by atoms with van der Waals surface area (Å²) in [5, 5.41) is 4.56. The van der Waals surface area contributed by atoms with Crippen LogP contribution in [0.3, 0.4) is 0 Å². The Morgan fingerprint density at radius 1 is 1.29 bits per heavy atom. The molecule has 1 fully saturated rings. The summed E-state index contributed by atoms with van der Waals surface area (Å²) in [7, 11) is 0. The van der Waals surface area contributed by atoms with Crippen molar-refractivity contribution in [2.24, 2.45) is 0 Å². The minimum absolute atomic E-state index is 0.0727. The van der Waals surface area contributed by atoms with Crippen LogP contribution in [0, 0.1) is 0 Å². The lowest BCUT2D eigenvalue weighted by Crippen LogP contribution is -2.42. The third-order valence-corrected chi connectivity index (χ3v) is 5.17. The summed E-state index contributed by atoms with van der Waals surface area (Å²) in [5.74, 6) is 1.04. The lowest BCUT2D eigenvalue weighted by atomic mass is 9.86. The topological polar surface area (TPSA) is 21.3 Å². The highest BCUT2D eigenvalue weighted by atomic mass is 35.5. The van der Waals surface area contributed by atoms with Gasteiger partial charge >= 0.3 is 0 Å². The second-order valence-corrected chi connectivity index (χ2v) is 7.03. The Labute approximate surface area is 133 Å². The summed E-state index contributed by atoms with van der Waals surface area (Å²) < 4.78 is 6.39. The Balaban J connectivity index is 1.78. The molecule has 1 N–H and O–H groups in total. The van der Waals surface area contributed by atoms with Crippen molar-refractivity contribution in [2.45, 2.75) is 69.9 Å². The molecule has 1 spiro atoms. The standard InChI is InChI=1S/C18H26ClNO/c1-2-3-6-11-20-16-13-18(9-4-5-10-18)21-17-8-7-14(19)12-15(16)17/h7-8,12,16,20H,2-6,9-11,13H2,1H3. The van der Waals surface area contributed by atoms with Crippen LogP contribution >= 0.6 is 11.6 Å². The van der Waals surface area contributed by atoms with Crippen LogP contribution in [0.1, 0.15) is 69.9 Å². The lowest BCUT2D eigenvalue weighted by molar-refractivity contribution is 0.0367. The van der Waals surface area contributed by atoms with Gasteiger partial charge in [0.2, 0.25) is 0 Å². The van der Waals surface area contributed by atoms with Crippen LogP contribution in [-0.2, 0) is 0 Å². The van der Waals surface area contributed by atoms with E-state index in [-0.39, 0.29) is 5.60 Å². The van der Waals surface area contributed by atoms with E-state index in [4.69, 9.17) is 16.3 Å². The first-order valence-corrected chi connectivity index (χ1v) is 8.82. The van der Waals surface area contributed by atoms with Crippen LogP contribution in [0.2, 0.25) is 5.02 Å². The van der Waals surface area contributed by atoms with Crippen LogP contribution in [0.4, 0.5) is 0 Å². The van der Waals surface area contributed by atoms with Gasteiger partial charge in [0.15, 0.2) is 0 Å². The highest BCUT2D eigenvalue weighted by molar-refractivity contribution is 6.30. The Morgan fingerprint density at radius 3 is 2.86 bits per heavy atom. The molecule has 1 unspecified atom stereocenters. The maximum absolute atomic E-state index is 6.39. The van der Waals surface area contributed by atoms with Crippen molar-refractivity contribution < 1.29 is 4.74 Å². The number of hydrogen-bond donors (Lipinski definition) is 1. The highest BCUT2D eigenvalue weighted by Crippen LogP contribution is 2.47. The lowest BCUT2D eigenvalue weighted by Gasteiger charge is -2.40. The molecule has 116 valence electrons. The summed E-state index contributed by atoms with van der Waals surface area (Å²) >= 11 is 6.19. The van der Waals surface area contributed by atoms with E-state index >= 15 is 0 Å². The van der Waals surface area contributed by atoms with Gasteiger partial charge in [-0.05, 0) is 56.8 Å². The van der Waals surface area contributed by atoms with Gasteiger partial charge < -0.3 is 10.1 Å². The molecule has 21 heavy (non-hydrogen) atoms. The van der Waals surface area contributed by atoms with Crippen LogP contribution in [-0.4, -0.2) is 12.1 Å². The van der Waals surface area contributed by atoms with E-state index in [1.54, 1.807) is 0 Å². The van der Waals surface area contributed by atoms with Gasteiger partial charge in [-0.25, -0.2) is 0 Å². The van der Waals surface area contributed by atoms with Crippen molar-refractivity contribution in [3.8, 4) is 5.75 Å². The van der Waals surface area contributed by atoms with Crippen molar-refractivity contribution in [1.29, 1.82) is 0 Å². The van der Waals surface area contributed by atoms with Gasteiger partial charge in [-0.1, -0.05) is 31.4 Å². The molecule has 1 aromatic rings. The Kier molecular flexibility index (Phi) is 4.75. The summed E-state index contributed by atoms with van der Waals surface area (Å²) in [6.07, 6.45) is 9.89. The smallest absolute Gasteiger partial charge is 0.125 e. The summed E-state index contributed by atoms with van der Waals surface area (Å²) in [5.41, 5.74) is 1.32. The molecule has 3 heteroatoms. The second kappa shape index (κ2) is 6.58. The van der Waals surface area contributed by atoms with E-state index in [0.717, 1.165) is 23.7 Å². The van der Waals surface area contributed by atoms with E-state index in [0.29, 0.717) is 6.04 Å². The first-order chi connectivity index (χ1) is 10.2. The average Bonchev–Trinajstić information content (AvgIpc) is 2.92. The van der Waals surface area contributed by atoms with Gasteiger partial charge in [0, 0.05) is 23.0 Å². The number of ether oxygens (including phenoxy) is 1. The van der Waals surface area contributed by atoms with Crippen molar-refractivity contribution in [2.75, 3.05) is 6.54 Å². The molecule has 2 nitrogen and oxygen atoms in total. The summed E-state index contributed by atoms with van der Waals surface area (Å²) in [4.78, 5) is 0. The Hall–Kier alpha value is -0.730. The minimum Gasteiger partial charge on any atom is -0.487 e. The SMILES string of the molecule is CCCCCNC1CC2(CCCC2)Oc2ccc(Cl)cc21. The van der Waals surface area contributed by atoms with Crippen molar-refractivity contribution >= 4 is 11.6 Å². The zero-order valence-corrected chi connectivity index (χ0v) is 13.7. The fourth-order valence-electron chi connectivity index (χ4n) is 3.80. The van der Waals surface area contributed by atoms with Crippen LogP contribution < -0.4 is 10.1 Å². The van der Waals surface area contributed by atoms with Gasteiger partial charge in [-0.2, -0.15) is 0 Å². The number of nitrogens with one attached hydrogen (secondary N) is 1. The summed E-state index contributed by atoms with van der Waals surface area (Å²) in [6, 6.07) is 6.47. The molecule has 2 aliphatic rings. The molecule has 0 saturated heterocycles. The molecule has 3 rings (SSSR count). The number of halogens is 1. The van der Waals surface area contributed by atoms with E-state index in [1.807, 2.05) is 6.07 Å². The zero-order valence-electron chi connectivity index (χ0n) is 13.0. The van der Waals surface area contributed by atoms with Gasteiger partial charge in [-0.15, -0.1) is 0 Å². The third kappa shape index (κ3) is 3.37. The number of benzene rings is 1. The first kappa shape index (κ1) is 15.2. The molecule has 0 radical (unpaired) electrons. The Morgan fingerprint density at radius 2 is 2.10 bits per heavy atom. The molecule has 0 aromatic heterocycles. The first-order valence-electron chi connectivity index (χ1n) is 8.44. The van der Waals surface area contributed by atoms with Gasteiger partial charge in [-0.3, -0.25) is 0 Å². The predicted molar refractivity (Wildman–Crippen MR) is 88.2 cm³/mol. The monoisotopic (exact) mass is 307 g/mol. The van der Waals surface area contributed by atoms with Crippen LogP contribution in [0.25, 0.3) is 0 Å². The normalized spacial score (nSPS) is 23.0. The largest absolute Gasteiger partial charge is 0.487 e. The predicted octanol–water partition coefficient (Wildman–Crippen LogP) is 5.26. The van der Waals surface area contributed by atoms with Crippen LogP contribution in [0.5, 0.6) is 5.75 Å². The highest BCUT2D eigenvalue weighted by Gasteiger charge is 2.42. The zero-order chi connectivity index (χ0) is 14.7. The molecular weight excluding hydrogens is 282 g/mol. The van der Waals surface area contributed by atoms with Gasteiger partial charge in [0.25, 0.3) is 0 Å². The van der Waals surface area contributed by atoms with Crippen molar-refractivity contribution in [1.82, 2.24) is 5.32 Å². The van der Waals surface area contributed by atoms with Crippen LogP contribution in [0.15, 0.2) is 18.2 Å². The molecule has 0 amide bonds. The van der Waals surface area contributed by atoms with E-state index < -0.39 is 0 Å². The number of hydrogen-bond acceptors (Lipinski definition) is 2. The third-order valence-electron chi connectivity index (χ3n) is 4.94. The number of unbranched alkanes of at least 4 members (excludes halogenated alkanes) is 2. The maximum atomic E-state index is 6.39. The molecular formula is C18H26ClNO. The van der Waals surface area contributed by atoms with Crippen molar-refractivity contribution in [3.05, 3.63) is 28.8 Å². The van der Waals surface area contributed by atoms with E-state index in [9.17, 15) is 0 Å². The van der Waals surface area contributed by atoms with Gasteiger partial charge in [0.05, 0.1) is 0 Å². The maximum Gasteiger partial charge on any atom is 0.125 e. The molecule has 1 aliphatic heterocycles. The average molecular weight is 308 g/mol. The number of rotatable bonds is 5. The quantitative estimate of drug-likeness (QED) is 0.750. The van der Waals surface area contributed by atoms with Crippen molar-refractivity contribution in [3.63, 3.8) is 0 Å². The molecule has 1 saturated carbocycles. The second-order valence-electron chi connectivity index (χ2n) is 6.59. The molecule has 0 bridgehead atoms. The molecule has 1 heterocycles. The van der Waals surface area contributed by atoms with Gasteiger partial charge in [0.1, 0.15) is 11.4 Å². The fourth-order valence-corrected chi connectivity index (χ4v) is 3.98. The minimum atomic E-state index is 0.0727. The molecule has 1 atom stereocenters. The number of fused-ring (bicyclic) bond motifs is 1. The fraction of sp³-hybridized carbons (Fsp3) is 0.667. The molecule has 1 aromatic carbocycles. The summed E-state index contributed by atoms with van der Waals surface area (Å²) in [6.45, 7) is 3.33. The Bertz CT molecular complexity index is 482.